The molecule has 1 amide bonds. The molecule has 2 N–H and O–H groups in total. The van der Waals surface area contributed by atoms with Gasteiger partial charge in [0.2, 0.25) is 11.1 Å². The van der Waals surface area contributed by atoms with Crippen LogP contribution in [0.25, 0.3) is 11.4 Å². The van der Waals surface area contributed by atoms with Crippen molar-refractivity contribution >= 4 is 17.7 Å². The van der Waals surface area contributed by atoms with Crippen LogP contribution in [0.15, 0.2) is 29.4 Å². The predicted octanol–water partition coefficient (Wildman–Crippen LogP) is 3.25. The van der Waals surface area contributed by atoms with Crippen molar-refractivity contribution in [3.63, 3.8) is 0 Å². The summed E-state index contributed by atoms with van der Waals surface area (Å²) in [4.78, 5) is 13.4. The van der Waals surface area contributed by atoms with Crippen LogP contribution in [0.3, 0.4) is 0 Å². The van der Waals surface area contributed by atoms with Crippen LogP contribution in [0, 0.1) is 12.8 Å². The maximum Gasteiger partial charge on any atom is 0.406 e. The van der Waals surface area contributed by atoms with Gasteiger partial charge < -0.3 is 10.7 Å². The molecule has 1 saturated carbocycles. The van der Waals surface area contributed by atoms with E-state index in [0.29, 0.717) is 5.82 Å². The lowest BCUT2D eigenvalue weighted by Crippen LogP contribution is -2.46. The Labute approximate surface area is 165 Å². The third-order valence-corrected chi connectivity index (χ3v) is 5.69. The van der Waals surface area contributed by atoms with Crippen molar-refractivity contribution in [2.45, 2.75) is 44.1 Å². The van der Waals surface area contributed by atoms with E-state index in [2.05, 4.69) is 10.2 Å². The van der Waals surface area contributed by atoms with Crippen molar-refractivity contribution in [2.75, 3.05) is 18.1 Å². The van der Waals surface area contributed by atoms with Crippen LogP contribution in [0.5, 0.6) is 0 Å². The number of thioether (sulfide) groups is 1. The fourth-order valence-electron chi connectivity index (χ4n) is 2.97. The number of aryl methyl sites for hydroxylation is 1. The Morgan fingerprint density at radius 1 is 1.32 bits per heavy atom. The number of nitrogens with zero attached hydrogens (tertiary/aromatic N) is 4. The highest BCUT2D eigenvalue weighted by Crippen LogP contribution is 2.36. The number of rotatable bonds is 7. The first kappa shape index (κ1) is 20.5. The summed E-state index contributed by atoms with van der Waals surface area (Å²) in [5, 5.41) is 8.28. The van der Waals surface area contributed by atoms with Crippen LogP contribution < -0.4 is 5.84 Å². The zero-order chi connectivity index (χ0) is 20.5. The number of nitrogens with two attached hydrogens (primary N) is 1. The van der Waals surface area contributed by atoms with Gasteiger partial charge in [-0.15, -0.1) is 10.2 Å². The summed E-state index contributed by atoms with van der Waals surface area (Å²) in [5.74, 6) is 5.82. The van der Waals surface area contributed by atoms with Crippen LogP contribution in [-0.2, 0) is 4.79 Å². The molecule has 28 heavy (non-hydrogen) atoms. The molecule has 0 aliphatic heterocycles. The van der Waals surface area contributed by atoms with E-state index in [0.717, 1.165) is 40.6 Å². The van der Waals surface area contributed by atoms with Gasteiger partial charge in [0, 0.05) is 11.6 Å². The van der Waals surface area contributed by atoms with Gasteiger partial charge in [-0.2, -0.15) is 13.2 Å². The zero-order valence-electron chi connectivity index (χ0n) is 15.6. The molecule has 0 saturated heterocycles. The molecule has 0 radical (unpaired) electrons. The molecule has 1 heterocycles. The lowest BCUT2D eigenvalue weighted by Gasteiger charge is -2.30. The molecule has 152 valence electrons. The smallest absolute Gasteiger partial charge is 0.335 e. The Bertz CT molecular complexity index is 833. The molecule has 1 aromatic heterocycles. The average molecular weight is 413 g/mol. The topological polar surface area (TPSA) is 77.0 Å². The van der Waals surface area contributed by atoms with Crippen molar-refractivity contribution in [2.24, 2.45) is 5.92 Å². The summed E-state index contributed by atoms with van der Waals surface area (Å²) in [6.07, 6.45) is -2.73. The third-order valence-electron chi connectivity index (χ3n) is 4.76. The minimum absolute atomic E-state index is 0.141. The highest BCUT2D eigenvalue weighted by molar-refractivity contribution is 7.99. The number of benzene rings is 1. The number of alkyl halides is 3. The second-order valence-corrected chi connectivity index (χ2v) is 7.99. The largest absolute Gasteiger partial charge is 0.406 e. The Balaban J connectivity index is 1.68. The molecule has 0 spiro atoms. The van der Waals surface area contributed by atoms with E-state index >= 15 is 0 Å². The first-order valence-corrected chi connectivity index (χ1v) is 9.91. The van der Waals surface area contributed by atoms with Gasteiger partial charge in [-0.1, -0.05) is 41.6 Å². The molecule has 10 heteroatoms. The van der Waals surface area contributed by atoms with Gasteiger partial charge in [-0.05, 0) is 32.6 Å². The van der Waals surface area contributed by atoms with Crippen molar-refractivity contribution in [1.82, 2.24) is 19.8 Å². The lowest BCUT2D eigenvalue weighted by molar-refractivity contribution is -0.164. The summed E-state index contributed by atoms with van der Waals surface area (Å²) in [5.41, 5.74) is 1.85. The molecule has 3 rings (SSSR count). The van der Waals surface area contributed by atoms with E-state index in [9.17, 15) is 18.0 Å². The Hall–Kier alpha value is -2.23. The zero-order valence-corrected chi connectivity index (χ0v) is 16.4. The first-order valence-electron chi connectivity index (χ1n) is 8.92. The quantitative estimate of drug-likeness (QED) is 0.557. The van der Waals surface area contributed by atoms with Gasteiger partial charge in [0.1, 0.15) is 6.54 Å². The van der Waals surface area contributed by atoms with Gasteiger partial charge >= 0.3 is 6.18 Å². The summed E-state index contributed by atoms with van der Waals surface area (Å²) in [6.45, 7) is 2.39. The summed E-state index contributed by atoms with van der Waals surface area (Å²) in [6, 6.07) is 7.09. The molecular formula is C18H22F3N5OS. The molecule has 1 atom stereocenters. The van der Waals surface area contributed by atoms with Gasteiger partial charge in [-0.25, -0.2) is 4.68 Å². The van der Waals surface area contributed by atoms with E-state index in [4.69, 9.17) is 5.84 Å². The fourth-order valence-corrected chi connectivity index (χ4v) is 3.71. The molecule has 1 aromatic carbocycles. The van der Waals surface area contributed by atoms with E-state index in [1.807, 2.05) is 31.2 Å². The Morgan fingerprint density at radius 3 is 2.54 bits per heavy atom. The number of halogens is 3. The molecule has 2 aromatic rings. The third kappa shape index (κ3) is 4.98. The minimum Gasteiger partial charge on any atom is -0.335 e. The number of amides is 1. The summed E-state index contributed by atoms with van der Waals surface area (Å²) >= 11 is 0.983. The molecule has 1 fully saturated rings. The minimum atomic E-state index is -4.43. The van der Waals surface area contributed by atoms with Gasteiger partial charge in [-0.3, -0.25) is 4.79 Å². The van der Waals surface area contributed by atoms with E-state index in [1.54, 1.807) is 6.92 Å². The number of aromatic nitrogens is 3. The highest BCUT2D eigenvalue weighted by Gasteiger charge is 2.40. The summed E-state index contributed by atoms with van der Waals surface area (Å²) < 4.78 is 40.0. The Kier molecular flexibility index (Phi) is 5.87. The molecule has 1 aliphatic rings. The second-order valence-electron chi connectivity index (χ2n) is 7.05. The highest BCUT2D eigenvalue weighted by atomic mass is 32.2. The molecule has 1 aliphatic carbocycles. The first-order chi connectivity index (χ1) is 13.2. The number of hydrogen-bond acceptors (Lipinski definition) is 5. The van der Waals surface area contributed by atoms with Crippen molar-refractivity contribution in [3.05, 3.63) is 29.8 Å². The van der Waals surface area contributed by atoms with Crippen LogP contribution >= 0.6 is 11.8 Å². The van der Waals surface area contributed by atoms with Crippen LogP contribution in [0.2, 0.25) is 0 Å². The molecule has 0 bridgehead atoms. The van der Waals surface area contributed by atoms with E-state index in [1.165, 1.54) is 4.68 Å². The lowest BCUT2D eigenvalue weighted by atomic mass is 10.1. The van der Waals surface area contributed by atoms with Gasteiger partial charge in [0.25, 0.3) is 0 Å². The second kappa shape index (κ2) is 8.02. The SMILES string of the molecule is Cc1ccc(-c2nnc(SCC(=O)N(CC(F)(F)F)[C@H](C)C3CC3)n2N)cc1. The van der Waals surface area contributed by atoms with E-state index < -0.39 is 24.7 Å². The predicted molar refractivity (Wildman–Crippen MR) is 101 cm³/mol. The van der Waals surface area contributed by atoms with Crippen molar-refractivity contribution in [1.29, 1.82) is 0 Å². The number of nitrogen functional groups attached to an aromatic ring is 1. The number of carbonyl (C=O) groups is 1. The number of carbonyl (C=O) groups excluding carboxylic acids is 1. The molecule has 0 unspecified atom stereocenters. The fraction of sp³-hybridized carbons (Fsp3) is 0.500. The maximum absolute atomic E-state index is 12.9. The average Bonchev–Trinajstić information content (AvgIpc) is 3.41. The van der Waals surface area contributed by atoms with Crippen LogP contribution in [-0.4, -0.2) is 50.2 Å². The van der Waals surface area contributed by atoms with E-state index in [-0.39, 0.29) is 16.8 Å². The maximum atomic E-state index is 12.9. The monoisotopic (exact) mass is 413 g/mol. The van der Waals surface area contributed by atoms with Crippen molar-refractivity contribution in [3.8, 4) is 11.4 Å². The van der Waals surface area contributed by atoms with Crippen LogP contribution in [0.1, 0.15) is 25.3 Å². The standard InChI is InChI=1S/C18H22F3N5OS/c1-11-3-5-14(6-4-11)16-23-24-17(26(16)22)28-9-15(27)25(10-18(19,20)21)12(2)13-7-8-13/h3-6,12-13H,7-10,22H2,1-2H3/t12-/m1/s1. The van der Waals surface area contributed by atoms with Gasteiger partial charge in [0.15, 0.2) is 5.82 Å². The Morgan fingerprint density at radius 2 is 1.96 bits per heavy atom. The molecular weight excluding hydrogens is 391 g/mol. The van der Waals surface area contributed by atoms with Crippen molar-refractivity contribution < 1.29 is 18.0 Å². The van der Waals surface area contributed by atoms with Gasteiger partial charge in [0.05, 0.1) is 5.75 Å². The number of hydrogen-bond donors (Lipinski definition) is 1. The van der Waals surface area contributed by atoms with Crippen LogP contribution in [0.4, 0.5) is 13.2 Å². The summed E-state index contributed by atoms with van der Waals surface area (Å²) in [7, 11) is 0. The normalized spacial score (nSPS) is 15.5. The molecule has 6 nitrogen and oxygen atoms in total.